The molecule has 0 bridgehead atoms. The van der Waals surface area contributed by atoms with Gasteiger partial charge in [0.2, 0.25) is 0 Å². The van der Waals surface area contributed by atoms with Crippen LogP contribution in [0.1, 0.15) is 0 Å². The number of rotatable bonds is 5. The SMILES string of the molecule is O=C([O-])C([O-])C(O)C(O)C1OB(O)OC1CO.[Na+].[Na+]. The molecule has 0 amide bonds. The van der Waals surface area contributed by atoms with Crippen molar-refractivity contribution in [1.29, 1.82) is 0 Å². The minimum absolute atomic E-state index is 0. The van der Waals surface area contributed by atoms with Gasteiger partial charge < -0.3 is 44.7 Å². The minimum Gasteiger partial charge on any atom is -0.846 e. The second-order valence-corrected chi connectivity index (χ2v) is 3.49. The first-order valence-corrected chi connectivity index (χ1v) is 4.71. The Bertz CT molecular complexity index is 283. The van der Waals surface area contributed by atoms with E-state index in [0.717, 1.165) is 0 Å². The molecular weight excluding hydrogens is 285 g/mol. The smallest absolute Gasteiger partial charge is 0.846 e. The van der Waals surface area contributed by atoms with Gasteiger partial charge in [-0.1, -0.05) is 6.10 Å². The first kappa shape index (κ1) is 22.5. The van der Waals surface area contributed by atoms with E-state index < -0.39 is 50.4 Å². The minimum atomic E-state index is -2.58. The topological polar surface area (TPSA) is 163 Å². The van der Waals surface area contributed by atoms with Crippen molar-refractivity contribution in [1.82, 2.24) is 0 Å². The van der Waals surface area contributed by atoms with Crippen LogP contribution < -0.4 is 69.3 Å². The number of hydrogen-bond donors (Lipinski definition) is 4. The Labute approximate surface area is 153 Å². The maximum absolute atomic E-state index is 10.9. The van der Waals surface area contributed by atoms with E-state index in [9.17, 15) is 25.2 Å². The molecule has 1 rings (SSSR count). The number of aliphatic carboxylic acids is 1. The summed E-state index contributed by atoms with van der Waals surface area (Å²) in [6.07, 6.45) is -9.33. The number of carbonyl (C=O) groups excluding carboxylic acids is 1. The monoisotopic (exact) mass is 296 g/mol. The zero-order valence-corrected chi connectivity index (χ0v) is 14.5. The van der Waals surface area contributed by atoms with Crippen molar-refractivity contribution in [2.75, 3.05) is 6.61 Å². The van der Waals surface area contributed by atoms with E-state index in [4.69, 9.17) is 10.1 Å². The predicted molar refractivity (Wildman–Crippen MR) is 45.6 cm³/mol. The molecule has 12 heteroatoms. The van der Waals surface area contributed by atoms with Crippen LogP contribution in [0.4, 0.5) is 0 Å². The molecule has 5 atom stereocenters. The standard InChI is InChI=1S/C7H12BO9.2Na/c9-1-2-6(17-8(15)16-2)4(11)3(10)5(12)7(13)14;;/h2-6,9-11,15H,1H2,(H,13,14);;/q-1;2*+1/p-1. The van der Waals surface area contributed by atoms with E-state index in [1.165, 1.54) is 0 Å². The Morgan fingerprint density at radius 1 is 1.32 bits per heavy atom. The zero-order valence-electron chi connectivity index (χ0n) is 10.5. The molecule has 0 aromatic heterocycles. The van der Waals surface area contributed by atoms with Crippen LogP contribution >= 0.6 is 0 Å². The Balaban J connectivity index is 0. The summed E-state index contributed by atoms with van der Waals surface area (Å²) in [6, 6.07) is 0. The summed E-state index contributed by atoms with van der Waals surface area (Å²) in [5.41, 5.74) is 0. The third-order valence-electron chi connectivity index (χ3n) is 2.34. The first-order valence-electron chi connectivity index (χ1n) is 4.71. The Hall–Kier alpha value is 1.25. The van der Waals surface area contributed by atoms with Crippen LogP contribution in [0.25, 0.3) is 0 Å². The third kappa shape index (κ3) is 5.87. The van der Waals surface area contributed by atoms with E-state index in [-0.39, 0.29) is 59.1 Å². The molecule has 0 spiro atoms. The molecule has 1 saturated heterocycles. The van der Waals surface area contributed by atoms with Gasteiger partial charge in [-0.15, -0.1) is 0 Å². The fourth-order valence-electron chi connectivity index (χ4n) is 1.44. The number of carboxylic acid groups (broad SMARTS) is 1. The summed E-state index contributed by atoms with van der Waals surface area (Å²) in [5.74, 6) is -2.09. The van der Waals surface area contributed by atoms with Gasteiger partial charge in [-0.05, 0) is 0 Å². The van der Waals surface area contributed by atoms with Gasteiger partial charge in [0, 0.05) is 5.97 Å². The number of aliphatic hydroxyl groups is 3. The normalized spacial score (nSPS) is 26.9. The van der Waals surface area contributed by atoms with Crippen LogP contribution in [0.15, 0.2) is 0 Å². The van der Waals surface area contributed by atoms with Crippen LogP contribution in [-0.2, 0) is 14.1 Å². The second kappa shape index (κ2) is 10.1. The maximum atomic E-state index is 10.9. The van der Waals surface area contributed by atoms with Crippen LogP contribution in [0, 0.1) is 0 Å². The Morgan fingerprint density at radius 3 is 2.26 bits per heavy atom. The molecule has 1 heterocycles. The Kier molecular flexibility index (Phi) is 11.9. The quantitative estimate of drug-likeness (QED) is 0.361. The molecule has 1 fully saturated rings. The molecule has 0 radical (unpaired) electrons. The van der Waals surface area contributed by atoms with Crippen LogP contribution in [0.5, 0.6) is 0 Å². The third-order valence-corrected chi connectivity index (χ3v) is 2.34. The summed E-state index contributed by atoms with van der Waals surface area (Å²) >= 11 is 0. The van der Waals surface area contributed by atoms with Crippen molar-refractivity contribution in [3.8, 4) is 0 Å². The second-order valence-electron chi connectivity index (χ2n) is 3.49. The van der Waals surface area contributed by atoms with Crippen LogP contribution in [-0.4, -0.2) is 70.8 Å². The van der Waals surface area contributed by atoms with Gasteiger partial charge in [-0.3, -0.25) is 0 Å². The van der Waals surface area contributed by atoms with Crippen molar-refractivity contribution in [2.24, 2.45) is 0 Å². The van der Waals surface area contributed by atoms with Crippen molar-refractivity contribution in [3.05, 3.63) is 0 Å². The van der Waals surface area contributed by atoms with Crippen molar-refractivity contribution >= 4 is 13.3 Å². The zero-order chi connectivity index (χ0) is 13.2. The molecule has 98 valence electrons. The summed E-state index contributed by atoms with van der Waals surface area (Å²) in [6.45, 7) is -0.652. The van der Waals surface area contributed by atoms with E-state index in [1.807, 2.05) is 0 Å². The molecule has 9 nitrogen and oxygen atoms in total. The average Bonchev–Trinajstić information content (AvgIpc) is 2.67. The molecule has 5 unspecified atom stereocenters. The van der Waals surface area contributed by atoms with Gasteiger partial charge in [0.25, 0.3) is 0 Å². The van der Waals surface area contributed by atoms with Gasteiger partial charge in [0.1, 0.15) is 12.2 Å². The van der Waals surface area contributed by atoms with Crippen molar-refractivity contribution in [2.45, 2.75) is 30.5 Å². The summed E-state index contributed by atoms with van der Waals surface area (Å²) in [5, 5.41) is 57.6. The molecule has 19 heavy (non-hydrogen) atoms. The van der Waals surface area contributed by atoms with Gasteiger partial charge >= 0.3 is 66.4 Å². The van der Waals surface area contributed by atoms with E-state index in [1.54, 1.807) is 0 Å². The largest absolute Gasteiger partial charge is 1.00 e. The molecule has 0 aromatic rings. The first-order chi connectivity index (χ1) is 7.88. The van der Waals surface area contributed by atoms with Crippen LogP contribution in [0.2, 0.25) is 0 Å². The van der Waals surface area contributed by atoms with Gasteiger partial charge in [0.15, 0.2) is 0 Å². The number of aliphatic hydroxyl groups excluding tert-OH is 3. The molecule has 1 aliphatic rings. The van der Waals surface area contributed by atoms with Crippen LogP contribution in [0.3, 0.4) is 0 Å². The van der Waals surface area contributed by atoms with Gasteiger partial charge in [0.05, 0.1) is 18.8 Å². The van der Waals surface area contributed by atoms with Gasteiger partial charge in [-0.2, -0.15) is 0 Å². The number of carboxylic acids is 1. The molecule has 0 saturated carbocycles. The maximum Gasteiger partial charge on any atom is 1.00 e. The Morgan fingerprint density at radius 2 is 1.84 bits per heavy atom. The fraction of sp³-hybridized carbons (Fsp3) is 0.857. The number of hydrogen-bond acceptors (Lipinski definition) is 9. The molecule has 1 aliphatic heterocycles. The van der Waals surface area contributed by atoms with E-state index >= 15 is 0 Å². The van der Waals surface area contributed by atoms with Crippen molar-refractivity contribution in [3.63, 3.8) is 0 Å². The molecule has 0 aliphatic carbocycles. The fourth-order valence-corrected chi connectivity index (χ4v) is 1.44. The molecule has 4 N–H and O–H groups in total. The predicted octanol–water partition coefficient (Wildman–Crippen LogP) is -12.1. The molecule has 0 aromatic carbocycles. The summed E-state index contributed by atoms with van der Waals surface area (Å²) in [7, 11) is -1.73. The van der Waals surface area contributed by atoms with E-state index in [0.29, 0.717) is 0 Å². The van der Waals surface area contributed by atoms with E-state index in [2.05, 4.69) is 9.31 Å². The summed E-state index contributed by atoms with van der Waals surface area (Å²) < 4.78 is 9.17. The number of carbonyl (C=O) groups is 1. The van der Waals surface area contributed by atoms with Crippen molar-refractivity contribution < 1.29 is 104 Å². The summed E-state index contributed by atoms with van der Waals surface area (Å²) in [4.78, 5) is 10.2. The average molecular weight is 296 g/mol. The molecular formula is C7H11BNa2O9. The van der Waals surface area contributed by atoms with Gasteiger partial charge in [-0.25, -0.2) is 0 Å².